The second-order valence-electron chi connectivity index (χ2n) is 7.63. The fourth-order valence-corrected chi connectivity index (χ4v) is 4.43. The van der Waals surface area contributed by atoms with Crippen molar-refractivity contribution in [3.05, 3.63) is 94.6 Å². The lowest BCUT2D eigenvalue weighted by Gasteiger charge is -2.22. The van der Waals surface area contributed by atoms with Gasteiger partial charge in [-0.15, -0.1) is 0 Å². The van der Waals surface area contributed by atoms with Crippen molar-refractivity contribution in [1.29, 1.82) is 0 Å². The van der Waals surface area contributed by atoms with Crippen LogP contribution in [0.15, 0.2) is 78.5 Å². The number of carbonyl (C=O) groups excluding carboxylic acids is 2. The van der Waals surface area contributed by atoms with Gasteiger partial charge in [-0.05, 0) is 66.9 Å². The van der Waals surface area contributed by atoms with E-state index in [1.807, 2.05) is 30.0 Å². The van der Waals surface area contributed by atoms with E-state index in [0.717, 1.165) is 17.7 Å². The smallest absolute Gasteiger partial charge is 0.282 e. The lowest BCUT2D eigenvalue weighted by atomic mass is 10.0. The summed E-state index contributed by atoms with van der Waals surface area (Å²) in [6, 6.07) is 22.0. The quantitative estimate of drug-likeness (QED) is 0.514. The van der Waals surface area contributed by atoms with E-state index in [9.17, 15) is 9.59 Å². The van der Waals surface area contributed by atoms with Crippen LogP contribution >= 0.6 is 11.6 Å². The van der Waals surface area contributed by atoms with Crippen molar-refractivity contribution >= 4 is 40.4 Å². The second kappa shape index (κ2) is 8.17. The molecule has 5 rings (SSSR count). The van der Waals surface area contributed by atoms with Gasteiger partial charge in [0.1, 0.15) is 11.4 Å². The summed E-state index contributed by atoms with van der Waals surface area (Å²) in [5.74, 6) is 0.0107. The molecule has 0 aromatic heterocycles. The average molecular weight is 445 g/mol. The highest BCUT2D eigenvalue weighted by Crippen LogP contribution is 2.40. The van der Waals surface area contributed by atoms with Crippen LogP contribution in [0.25, 0.3) is 5.57 Å². The molecule has 0 saturated heterocycles. The molecule has 5 nitrogen and oxygen atoms in total. The zero-order chi connectivity index (χ0) is 22.2. The van der Waals surface area contributed by atoms with Gasteiger partial charge in [0.25, 0.3) is 11.8 Å². The standard InChI is InChI=1S/C26H21ClN2O3/c1-2-32-21-13-11-20(12-14-21)29-25(30)23(18-7-9-19(27)10-8-18)24(26(29)31)28-16-15-17-5-3-4-6-22(17)28/h3-14H,2,15-16H2,1H3. The molecule has 160 valence electrons. The molecular formula is C26H21ClN2O3. The van der Waals surface area contributed by atoms with Crippen LogP contribution in [-0.2, 0) is 16.0 Å². The van der Waals surface area contributed by atoms with E-state index in [2.05, 4.69) is 6.07 Å². The molecule has 2 heterocycles. The van der Waals surface area contributed by atoms with Crippen molar-refractivity contribution in [2.24, 2.45) is 0 Å². The van der Waals surface area contributed by atoms with Gasteiger partial charge in [0.05, 0.1) is 17.9 Å². The van der Waals surface area contributed by atoms with Crippen molar-refractivity contribution < 1.29 is 14.3 Å². The first-order chi connectivity index (χ1) is 15.6. The predicted octanol–water partition coefficient (Wildman–Crippen LogP) is 5.09. The number of fused-ring (bicyclic) bond motifs is 1. The Balaban J connectivity index is 1.62. The molecule has 0 aliphatic carbocycles. The number of anilines is 2. The Labute approximate surface area is 191 Å². The average Bonchev–Trinajstić information content (AvgIpc) is 3.33. The molecule has 2 aliphatic rings. The van der Waals surface area contributed by atoms with Gasteiger partial charge >= 0.3 is 0 Å². The zero-order valence-electron chi connectivity index (χ0n) is 17.5. The monoisotopic (exact) mass is 444 g/mol. The summed E-state index contributed by atoms with van der Waals surface area (Å²) in [7, 11) is 0. The minimum absolute atomic E-state index is 0.333. The molecular weight excluding hydrogens is 424 g/mol. The maximum absolute atomic E-state index is 13.7. The molecule has 32 heavy (non-hydrogen) atoms. The number of para-hydroxylation sites is 1. The number of nitrogens with zero attached hydrogens (tertiary/aromatic N) is 2. The first-order valence-corrected chi connectivity index (χ1v) is 10.9. The van der Waals surface area contributed by atoms with Gasteiger partial charge < -0.3 is 9.64 Å². The highest BCUT2D eigenvalue weighted by Gasteiger charge is 2.44. The maximum Gasteiger partial charge on any atom is 0.282 e. The molecule has 0 radical (unpaired) electrons. The number of imide groups is 1. The second-order valence-corrected chi connectivity index (χ2v) is 8.07. The van der Waals surface area contributed by atoms with Gasteiger partial charge in [0, 0.05) is 17.3 Å². The normalized spacial score (nSPS) is 15.6. The summed E-state index contributed by atoms with van der Waals surface area (Å²) in [5, 5.41) is 0.572. The van der Waals surface area contributed by atoms with Gasteiger partial charge in [-0.3, -0.25) is 9.59 Å². The van der Waals surface area contributed by atoms with Gasteiger partial charge in [-0.2, -0.15) is 0 Å². The van der Waals surface area contributed by atoms with Crippen molar-refractivity contribution in [3.8, 4) is 5.75 Å². The highest BCUT2D eigenvalue weighted by molar-refractivity contribution is 6.46. The molecule has 2 amide bonds. The van der Waals surface area contributed by atoms with Crippen molar-refractivity contribution in [2.75, 3.05) is 23.0 Å². The van der Waals surface area contributed by atoms with Gasteiger partial charge in [0.15, 0.2) is 0 Å². The number of carbonyl (C=O) groups is 2. The van der Waals surface area contributed by atoms with Gasteiger partial charge in [-0.1, -0.05) is 41.9 Å². The molecule has 0 unspecified atom stereocenters. The summed E-state index contributed by atoms with van der Waals surface area (Å²) in [6.07, 6.45) is 0.818. The molecule has 0 fully saturated rings. The Morgan fingerprint density at radius 3 is 2.34 bits per heavy atom. The van der Waals surface area contributed by atoms with Crippen LogP contribution in [0.2, 0.25) is 5.02 Å². The molecule has 0 atom stereocenters. The third kappa shape index (κ3) is 3.35. The van der Waals surface area contributed by atoms with Crippen LogP contribution in [-0.4, -0.2) is 25.0 Å². The third-order valence-corrected chi connectivity index (χ3v) is 6.01. The highest BCUT2D eigenvalue weighted by atomic mass is 35.5. The maximum atomic E-state index is 13.7. The van der Waals surface area contributed by atoms with Crippen LogP contribution < -0.4 is 14.5 Å². The SMILES string of the molecule is CCOc1ccc(N2C(=O)C(c3ccc(Cl)cc3)=C(N3CCc4ccccc43)C2=O)cc1. The Morgan fingerprint density at radius 2 is 1.62 bits per heavy atom. The molecule has 3 aromatic rings. The number of hydrogen-bond acceptors (Lipinski definition) is 4. The zero-order valence-corrected chi connectivity index (χ0v) is 18.3. The first kappa shape index (κ1) is 20.3. The molecule has 0 N–H and O–H groups in total. The van der Waals surface area contributed by atoms with Gasteiger partial charge in [0.2, 0.25) is 0 Å². The summed E-state index contributed by atoms with van der Waals surface area (Å²) >= 11 is 6.08. The van der Waals surface area contributed by atoms with E-state index in [1.165, 1.54) is 4.90 Å². The third-order valence-electron chi connectivity index (χ3n) is 5.76. The Hall–Kier alpha value is -3.57. The fraction of sp³-hybridized carbons (Fsp3) is 0.154. The lowest BCUT2D eigenvalue weighted by molar-refractivity contribution is -0.120. The molecule has 2 aliphatic heterocycles. The number of rotatable bonds is 5. The van der Waals surface area contributed by atoms with Crippen LogP contribution in [0.3, 0.4) is 0 Å². The number of ether oxygens (including phenoxy) is 1. The summed E-state index contributed by atoms with van der Waals surface area (Å²) in [4.78, 5) is 30.6. The van der Waals surface area contributed by atoms with E-state index >= 15 is 0 Å². The van der Waals surface area contributed by atoms with E-state index in [1.54, 1.807) is 48.5 Å². The molecule has 0 spiro atoms. The van der Waals surface area contributed by atoms with E-state index < -0.39 is 0 Å². The Kier molecular flexibility index (Phi) is 5.19. The van der Waals surface area contributed by atoms with Crippen LogP contribution in [0.1, 0.15) is 18.1 Å². The predicted molar refractivity (Wildman–Crippen MR) is 126 cm³/mol. The van der Waals surface area contributed by atoms with Crippen LogP contribution in [0, 0.1) is 0 Å². The van der Waals surface area contributed by atoms with Crippen LogP contribution in [0.5, 0.6) is 5.75 Å². The number of benzene rings is 3. The summed E-state index contributed by atoms with van der Waals surface area (Å²) in [6.45, 7) is 3.09. The molecule has 0 bridgehead atoms. The minimum atomic E-state index is -0.346. The van der Waals surface area contributed by atoms with Crippen molar-refractivity contribution in [1.82, 2.24) is 0 Å². The summed E-state index contributed by atoms with van der Waals surface area (Å²) < 4.78 is 5.50. The van der Waals surface area contributed by atoms with Crippen molar-refractivity contribution in [3.63, 3.8) is 0 Å². The molecule has 6 heteroatoms. The van der Waals surface area contributed by atoms with E-state index in [0.29, 0.717) is 46.4 Å². The topological polar surface area (TPSA) is 49.9 Å². The summed E-state index contributed by atoms with van der Waals surface area (Å²) in [5.41, 5.74) is 4.09. The van der Waals surface area contributed by atoms with Crippen LogP contribution in [0.4, 0.5) is 11.4 Å². The molecule has 0 saturated carbocycles. The van der Waals surface area contributed by atoms with Crippen molar-refractivity contribution in [2.45, 2.75) is 13.3 Å². The van der Waals surface area contributed by atoms with Gasteiger partial charge in [-0.25, -0.2) is 4.90 Å². The number of amides is 2. The minimum Gasteiger partial charge on any atom is -0.494 e. The largest absolute Gasteiger partial charge is 0.494 e. The Morgan fingerprint density at radius 1 is 0.906 bits per heavy atom. The van der Waals surface area contributed by atoms with E-state index in [4.69, 9.17) is 16.3 Å². The van der Waals surface area contributed by atoms with E-state index in [-0.39, 0.29) is 11.8 Å². The number of halogens is 1. The fourth-order valence-electron chi connectivity index (χ4n) is 4.31. The number of hydrogen-bond donors (Lipinski definition) is 0. The Bertz CT molecular complexity index is 1230. The molecule has 3 aromatic carbocycles. The lowest BCUT2D eigenvalue weighted by Crippen LogP contribution is -2.34. The first-order valence-electron chi connectivity index (χ1n) is 10.6.